The molecule has 3 aromatic carbocycles. The van der Waals surface area contributed by atoms with Crippen molar-refractivity contribution in [2.45, 2.75) is 13.8 Å². The second-order valence-corrected chi connectivity index (χ2v) is 7.14. The summed E-state index contributed by atoms with van der Waals surface area (Å²) in [7, 11) is 1.61. The van der Waals surface area contributed by atoms with E-state index in [4.69, 9.17) is 14.5 Å². The first kappa shape index (κ1) is 20.4. The van der Waals surface area contributed by atoms with Gasteiger partial charge in [-0.2, -0.15) is 0 Å². The number of carbonyl (C=O) groups excluding carboxylic acids is 1. The summed E-state index contributed by atoms with van der Waals surface area (Å²) >= 11 is 0. The van der Waals surface area contributed by atoms with Gasteiger partial charge in [0.1, 0.15) is 17.2 Å². The largest absolute Gasteiger partial charge is 0.496 e. The van der Waals surface area contributed by atoms with E-state index in [1.807, 2.05) is 92.7 Å². The second kappa shape index (κ2) is 8.88. The van der Waals surface area contributed by atoms with Gasteiger partial charge in [-0.15, -0.1) is 0 Å². The third kappa shape index (κ3) is 4.21. The van der Waals surface area contributed by atoms with E-state index in [9.17, 15) is 4.79 Å². The van der Waals surface area contributed by atoms with E-state index in [1.165, 1.54) is 0 Å². The summed E-state index contributed by atoms with van der Waals surface area (Å²) in [5.41, 5.74) is 3.92. The quantitative estimate of drug-likeness (QED) is 0.521. The number of methoxy groups -OCH3 is 1. The number of hydrogen-bond donors (Lipinski definition) is 0. The van der Waals surface area contributed by atoms with Crippen LogP contribution < -0.4 is 14.4 Å². The van der Waals surface area contributed by atoms with Gasteiger partial charge in [-0.05, 0) is 61.9 Å². The van der Waals surface area contributed by atoms with Crippen molar-refractivity contribution in [1.82, 2.24) is 0 Å². The lowest BCUT2D eigenvalue weighted by Gasteiger charge is -2.20. The Morgan fingerprint density at radius 3 is 2.35 bits per heavy atom. The summed E-state index contributed by atoms with van der Waals surface area (Å²) < 4.78 is 11.1. The number of para-hydroxylation sites is 1. The number of nitrogens with zero attached hydrogens (tertiary/aromatic N) is 2. The molecule has 0 aliphatic carbocycles. The maximum Gasteiger partial charge on any atom is 0.282 e. The van der Waals surface area contributed by atoms with Gasteiger partial charge in [-0.3, -0.25) is 9.69 Å². The first-order valence-corrected chi connectivity index (χ1v) is 10.2. The van der Waals surface area contributed by atoms with E-state index in [0.717, 1.165) is 22.4 Å². The van der Waals surface area contributed by atoms with Gasteiger partial charge in [0, 0.05) is 0 Å². The Bertz CT molecular complexity index is 1150. The topological polar surface area (TPSA) is 51.1 Å². The van der Waals surface area contributed by atoms with E-state index in [2.05, 4.69) is 0 Å². The minimum Gasteiger partial charge on any atom is -0.496 e. The average Bonchev–Trinajstić information content (AvgIpc) is 3.12. The molecular weight excluding hydrogens is 388 g/mol. The Kier molecular flexibility index (Phi) is 5.85. The van der Waals surface area contributed by atoms with Crippen molar-refractivity contribution in [3.63, 3.8) is 0 Å². The fourth-order valence-corrected chi connectivity index (χ4v) is 3.44. The zero-order valence-corrected chi connectivity index (χ0v) is 17.8. The van der Waals surface area contributed by atoms with Gasteiger partial charge in [0.05, 0.1) is 25.0 Å². The highest BCUT2D eigenvalue weighted by molar-refractivity contribution is 6.33. The molecule has 1 aliphatic heterocycles. The molecule has 3 aromatic rings. The van der Waals surface area contributed by atoms with E-state index < -0.39 is 0 Å². The standard InChI is InChI=1S/C26H24N2O3/c1-4-31-21-15-13-20(14-16-21)28-25(22-7-5-6-8-24(22)30-3)27-23(26(28)29)17-19-11-9-18(2)10-12-19/h5-17H,4H2,1-3H3/b23-17+. The van der Waals surface area contributed by atoms with Crippen LogP contribution in [0.4, 0.5) is 5.69 Å². The molecule has 4 rings (SSSR count). The summed E-state index contributed by atoms with van der Waals surface area (Å²) in [5, 5.41) is 0. The Morgan fingerprint density at radius 1 is 0.968 bits per heavy atom. The summed E-state index contributed by atoms with van der Waals surface area (Å²) in [6, 6.07) is 23.0. The van der Waals surface area contributed by atoms with Gasteiger partial charge in [0.2, 0.25) is 0 Å². The Balaban J connectivity index is 1.81. The normalized spacial score (nSPS) is 14.7. The number of anilines is 1. The predicted octanol–water partition coefficient (Wildman–Crippen LogP) is 5.24. The number of benzene rings is 3. The van der Waals surface area contributed by atoms with Crippen molar-refractivity contribution >= 4 is 23.5 Å². The van der Waals surface area contributed by atoms with Crippen molar-refractivity contribution in [2.24, 2.45) is 4.99 Å². The van der Waals surface area contributed by atoms with Crippen molar-refractivity contribution in [1.29, 1.82) is 0 Å². The summed E-state index contributed by atoms with van der Waals surface area (Å²) in [5.74, 6) is 1.75. The van der Waals surface area contributed by atoms with Crippen molar-refractivity contribution < 1.29 is 14.3 Å². The molecule has 0 spiro atoms. The van der Waals surface area contributed by atoms with Gasteiger partial charge < -0.3 is 9.47 Å². The van der Waals surface area contributed by atoms with E-state index >= 15 is 0 Å². The molecule has 0 fully saturated rings. The molecule has 0 bridgehead atoms. The molecule has 1 amide bonds. The number of aliphatic imine (C=N–C) groups is 1. The maximum absolute atomic E-state index is 13.4. The molecule has 0 atom stereocenters. The molecule has 31 heavy (non-hydrogen) atoms. The van der Waals surface area contributed by atoms with Crippen molar-refractivity contribution in [2.75, 3.05) is 18.6 Å². The number of hydrogen-bond acceptors (Lipinski definition) is 4. The number of carbonyl (C=O) groups is 1. The average molecular weight is 412 g/mol. The van der Waals surface area contributed by atoms with Crippen LogP contribution in [0.3, 0.4) is 0 Å². The van der Waals surface area contributed by atoms with Gasteiger partial charge in [0.15, 0.2) is 5.84 Å². The monoisotopic (exact) mass is 412 g/mol. The first-order valence-electron chi connectivity index (χ1n) is 10.2. The lowest BCUT2D eigenvalue weighted by molar-refractivity contribution is -0.113. The van der Waals surface area contributed by atoms with E-state index in [1.54, 1.807) is 12.0 Å². The van der Waals surface area contributed by atoms with E-state index in [-0.39, 0.29) is 5.91 Å². The Hall–Kier alpha value is -3.86. The molecule has 5 nitrogen and oxygen atoms in total. The Morgan fingerprint density at radius 2 is 1.68 bits per heavy atom. The molecule has 5 heteroatoms. The van der Waals surface area contributed by atoms with Gasteiger partial charge in [-0.1, -0.05) is 42.0 Å². The fourth-order valence-electron chi connectivity index (χ4n) is 3.44. The smallest absolute Gasteiger partial charge is 0.282 e. The number of rotatable bonds is 6. The lowest BCUT2D eigenvalue weighted by atomic mass is 10.1. The molecule has 0 unspecified atom stereocenters. The Labute approximate surface area is 182 Å². The highest BCUT2D eigenvalue weighted by Crippen LogP contribution is 2.32. The van der Waals surface area contributed by atoms with Gasteiger partial charge in [-0.25, -0.2) is 4.99 Å². The maximum atomic E-state index is 13.4. The zero-order chi connectivity index (χ0) is 21.8. The van der Waals surface area contributed by atoms with Crippen LogP contribution in [-0.4, -0.2) is 25.5 Å². The molecule has 0 N–H and O–H groups in total. The van der Waals surface area contributed by atoms with Crippen LogP contribution in [0.1, 0.15) is 23.6 Å². The molecule has 0 aromatic heterocycles. The highest BCUT2D eigenvalue weighted by atomic mass is 16.5. The molecule has 1 heterocycles. The highest BCUT2D eigenvalue weighted by Gasteiger charge is 2.33. The molecule has 0 saturated heterocycles. The zero-order valence-electron chi connectivity index (χ0n) is 17.8. The molecule has 156 valence electrons. The predicted molar refractivity (Wildman–Crippen MR) is 124 cm³/mol. The third-order valence-corrected chi connectivity index (χ3v) is 4.99. The summed E-state index contributed by atoms with van der Waals surface area (Å²) in [4.78, 5) is 19.8. The number of amidine groups is 1. The minimum absolute atomic E-state index is 0.189. The summed E-state index contributed by atoms with van der Waals surface area (Å²) in [6.07, 6.45) is 1.81. The number of amides is 1. The van der Waals surface area contributed by atoms with Crippen molar-refractivity contribution in [3.8, 4) is 11.5 Å². The minimum atomic E-state index is -0.189. The van der Waals surface area contributed by atoms with E-state index in [0.29, 0.717) is 29.6 Å². The number of ether oxygens (including phenoxy) is 2. The van der Waals surface area contributed by atoms with Gasteiger partial charge in [0.25, 0.3) is 5.91 Å². The van der Waals surface area contributed by atoms with Gasteiger partial charge >= 0.3 is 0 Å². The SMILES string of the molecule is CCOc1ccc(N2C(=O)/C(=C\c3ccc(C)cc3)N=C2c2ccccc2OC)cc1. The van der Waals surface area contributed by atoms with Crippen molar-refractivity contribution in [3.05, 3.63) is 95.2 Å². The van der Waals surface area contributed by atoms with Crippen LogP contribution in [0.25, 0.3) is 6.08 Å². The molecule has 0 radical (unpaired) electrons. The molecule has 1 aliphatic rings. The first-order chi connectivity index (χ1) is 15.1. The van der Waals surface area contributed by atoms with Crippen LogP contribution >= 0.6 is 0 Å². The van der Waals surface area contributed by atoms with Crippen LogP contribution in [0.15, 0.2) is 83.5 Å². The second-order valence-electron chi connectivity index (χ2n) is 7.14. The summed E-state index contributed by atoms with van der Waals surface area (Å²) in [6.45, 7) is 4.55. The number of aryl methyl sites for hydroxylation is 1. The molecular formula is C26H24N2O3. The lowest BCUT2D eigenvalue weighted by Crippen LogP contribution is -2.32. The third-order valence-electron chi connectivity index (χ3n) is 4.99. The van der Waals surface area contributed by atoms with Crippen LogP contribution in [0.5, 0.6) is 11.5 Å². The van der Waals surface area contributed by atoms with Crippen LogP contribution in [-0.2, 0) is 4.79 Å². The molecule has 0 saturated carbocycles. The van der Waals surface area contributed by atoms with Crippen LogP contribution in [0, 0.1) is 6.92 Å². The fraction of sp³-hybridized carbons (Fsp3) is 0.154. The van der Waals surface area contributed by atoms with Crippen LogP contribution in [0.2, 0.25) is 0 Å².